The highest BCUT2D eigenvalue weighted by Gasteiger charge is 2.17. The molecule has 7 aromatic carbocycles. The van der Waals surface area contributed by atoms with Crippen LogP contribution in [-0.4, -0.2) is 13.3 Å². The predicted octanol–water partition coefficient (Wildman–Crippen LogP) is 10.5. The van der Waals surface area contributed by atoms with Gasteiger partial charge in [0.15, 0.2) is 0 Å². The lowest BCUT2D eigenvalue weighted by Gasteiger charge is -2.18. The van der Waals surface area contributed by atoms with Gasteiger partial charge < -0.3 is 0 Å². The number of hydrogen-bond acceptors (Lipinski definition) is 0. The minimum atomic E-state index is -0.109. The van der Waals surface area contributed by atoms with Crippen molar-refractivity contribution >= 4 is 45.5 Å². The summed E-state index contributed by atoms with van der Waals surface area (Å²) in [5, 5.41) is 9.22. The highest BCUT2D eigenvalue weighted by Crippen LogP contribution is 2.44. The smallest absolute Gasteiger partial charge is 0.00262 e. The molecule has 0 saturated carbocycles. The fourth-order valence-corrected chi connectivity index (χ4v) is 6.65. The lowest BCUT2D eigenvalue weighted by atomic mass is 9.85. The summed E-state index contributed by atoms with van der Waals surface area (Å²) in [6.07, 6.45) is 0. The Labute approximate surface area is 231 Å². The second-order valence-corrected chi connectivity index (χ2v) is 12.7. The van der Waals surface area contributed by atoms with Gasteiger partial charge in [-0.2, -0.15) is 0 Å². The molecule has 0 saturated heterocycles. The van der Waals surface area contributed by atoms with Crippen molar-refractivity contribution in [1.82, 2.24) is 0 Å². The third-order valence-electron chi connectivity index (χ3n) is 7.84. The van der Waals surface area contributed by atoms with Crippen molar-refractivity contribution in [2.24, 2.45) is 0 Å². The first-order valence-corrected chi connectivity index (χ1v) is 15.7. The van der Waals surface area contributed by atoms with E-state index >= 15 is 0 Å². The van der Waals surface area contributed by atoms with E-state index in [2.05, 4.69) is 153 Å². The monoisotopic (exact) mass is 516 g/mol. The Morgan fingerprint density at radius 2 is 0.795 bits per heavy atom. The van der Waals surface area contributed by atoms with Gasteiger partial charge in [0, 0.05) is 0 Å². The first-order valence-electron chi connectivity index (χ1n) is 13.5. The topological polar surface area (TPSA) is 0 Å². The van der Waals surface area contributed by atoms with Crippen LogP contribution in [-0.2, 0) is 0 Å². The Balaban J connectivity index is 1.46. The number of benzene rings is 7. The molecule has 0 aliphatic carbocycles. The molecule has 186 valence electrons. The predicted molar refractivity (Wildman–Crippen MR) is 174 cm³/mol. The van der Waals surface area contributed by atoms with E-state index in [1.165, 1.54) is 71.0 Å². The first kappa shape index (κ1) is 23.8. The van der Waals surface area contributed by atoms with E-state index in [9.17, 15) is 0 Å². The van der Waals surface area contributed by atoms with Crippen molar-refractivity contribution in [1.29, 1.82) is 0 Å². The van der Waals surface area contributed by atoms with Crippen LogP contribution >= 0.6 is 7.92 Å². The molecule has 0 nitrogen and oxygen atoms in total. The minimum absolute atomic E-state index is 0.109. The quantitative estimate of drug-likeness (QED) is 0.161. The van der Waals surface area contributed by atoms with Crippen LogP contribution in [0.2, 0.25) is 0 Å². The van der Waals surface area contributed by atoms with Crippen molar-refractivity contribution in [3.05, 3.63) is 140 Å². The van der Waals surface area contributed by atoms with Gasteiger partial charge in [-0.15, -0.1) is 0 Å². The summed E-state index contributed by atoms with van der Waals surface area (Å²) in [5.41, 5.74) is 7.60. The Morgan fingerprint density at radius 1 is 0.359 bits per heavy atom. The Bertz CT molecular complexity index is 1910. The van der Waals surface area contributed by atoms with E-state index in [-0.39, 0.29) is 7.92 Å². The van der Waals surface area contributed by atoms with Crippen LogP contribution < -0.4 is 5.30 Å². The van der Waals surface area contributed by atoms with Gasteiger partial charge in [0.05, 0.1) is 0 Å². The molecule has 0 aliphatic rings. The summed E-state index contributed by atoms with van der Waals surface area (Å²) < 4.78 is 0. The zero-order valence-corrected chi connectivity index (χ0v) is 23.1. The van der Waals surface area contributed by atoms with Crippen LogP contribution in [0.1, 0.15) is 0 Å². The SMILES string of the molecule is CP(C)c1ccc2cc(-c3c4ccccc4c(-c4ccc(-c5ccccc5)cc4)c4ccccc34)ccc2c1. The zero-order chi connectivity index (χ0) is 26.3. The van der Waals surface area contributed by atoms with Crippen LogP contribution in [0.5, 0.6) is 0 Å². The van der Waals surface area contributed by atoms with E-state index in [0.717, 1.165) is 0 Å². The van der Waals surface area contributed by atoms with Gasteiger partial charge >= 0.3 is 0 Å². The summed E-state index contributed by atoms with van der Waals surface area (Å²) in [7, 11) is -0.109. The molecule has 0 bridgehead atoms. The third-order valence-corrected chi connectivity index (χ3v) is 9.15. The van der Waals surface area contributed by atoms with Gasteiger partial charge in [-0.05, 0) is 96.5 Å². The summed E-state index contributed by atoms with van der Waals surface area (Å²) in [5.74, 6) is 0. The average molecular weight is 517 g/mol. The first-order chi connectivity index (χ1) is 19.2. The molecule has 0 spiro atoms. The van der Waals surface area contributed by atoms with Gasteiger partial charge in [0.2, 0.25) is 0 Å². The normalized spacial score (nSPS) is 11.6. The van der Waals surface area contributed by atoms with Gasteiger partial charge in [-0.3, -0.25) is 0 Å². The van der Waals surface area contributed by atoms with Gasteiger partial charge in [0.25, 0.3) is 0 Å². The maximum Gasteiger partial charge on any atom is -0.00262 e. The maximum atomic E-state index is 2.37. The fraction of sp³-hybridized carbons (Fsp3) is 0.0526. The van der Waals surface area contributed by atoms with Crippen molar-refractivity contribution in [3.63, 3.8) is 0 Å². The van der Waals surface area contributed by atoms with E-state index in [4.69, 9.17) is 0 Å². The van der Waals surface area contributed by atoms with E-state index in [0.29, 0.717) is 0 Å². The second-order valence-electron chi connectivity index (χ2n) is 10.4. The standard InChI is InChI=1S/C38H29P/c1-39(2)32-23-22-29-24-31(21-20-30(29)25-32)38-35-14-8-6-12-33(35)37(34-13-7-9-15-36(34)38)28-18-16-27(17-19-28)26-10-4-3-5-11-26/h3-25H,1-2H3. The van der Waals surface area contributed by atoms with E-state index in [1.54, 1.807) is 0 Å². The van der Waals surface area contributed by atoms with Crippen molar-refractivity contribution in [2.75, 3.05) is 13.3 Å². The number of fused-ring (bicyclic) bond motifs is 3. The molecule has 7 aromatic rings. The second kappa shape index (κ2) is 9.81. The molecule has 0 unspecified atom stereocenters. The molecule has 0 aliphatic heterocycles. The molecule has 0 atom stereocenters. The largest absolute Gasteiger partial charge is 0.0817 e. The molecule has 0 amide bonds. The van der Waals surface area contributed by atoms with Gasteiger partial charge in [0.1, 0.15) is 0 Å². The lowest BCUT2D eigenvalue weighted by Crippen LogP contribution is -1.97. The molecule has 1 heteroatoms. The van der Waals surface area contributed by atoms with Gasteiger partial charge in [-0.25, -0.2) is 0 Å². The van der Waals surface area contributed by atoms with Crippen LogP contribution in [0.25, 0.3) is 65.7 Å². The number of hydrogen-bond donors (Lipinski definition) is 0. The van der Waals surface area contributed by atoms with Crippen molar-refractivity contribution in [2.45, 2.75) is 0 Å². The molecular formula is C38H29P. The highest BCUT2D eigenvalue weighted by atomic mass is 31.1. The summed E-state index contributed by atoms with van der Waals surface area (Å²) >= 11 is 0. The van der Waals surface area contributed by atoms with Crippen molar-refractivity contribution in [3.8, 4) is 33.4 Å². The molecule has 0 radical (unpaired) electrons. The van der Waals surface area contributed by atoms with Crippen LogP contribution in [0, 0.1) is 0 Å². The molecule has 7 rings (SSSR count). The summed E-state index contributed by atoms with van der Waals surface area (Å²) in [4.78, 5) is 0. The highest BCUT2D eigenvalue weighted by molar-refractivity contribution is 7.64. The zero-order valence-electron chi connectivity index (χ0n) is 22.2. The van der Waals surface area contributed by atoms with Crippen LogP contribution in [0.4, 0.5) is 0 Å². The summed E-state index contributed by atoms with van der Waals surface area (Å²) in [6, 6.07) is 51.4. The minimum Gasteiger partial charge on any atom is -0.0817 e. The molecular weight excluding hydrogens is 487 g/mol. The average Bonchev–Trinajstić information content (AvgIpc) is 3.00. The van der Waals surface area contributed by atoms with E-state index in [1.807, 2.05) is 0 Å². The Morgan fingerprint density at radius 3 is 1.38 bits per heavy atom. The van der Waals surface area contributed by atoms with Crippen LogP contribution in [0.3, 0.4) is 0 Å². The molecule has 0 N–H and O–H groups in total. The third kappa shape index (κ3) is 4.22. The fourth-order valence-electron chi connectivity index (χ4n) is 5.88. The van der Waals surface area contributed by atoms with Gasteiger partial charge in [-0.1, -0.05) is 135 Å². The molecule has 0 fully saturated rings. The van der Waals surface area contributed by atoms with Crippen LogP contribution in [0.15, 0.2) is 140 Å². The molecule has 0 heterocycles. The Hall–Kier alpha value is -4.25. The van der Waals surface area contributed by atoms with E-state index < -0.39 is 0 Å². The maximum absolute atomic E-state index is 2.37. The number of rotatable bonds is 4. The lowest BCUT2D eigenvalue weighted by molar-refractivity contribution is 1.61. The summed E-state index contributed by atoms with van der Waals surface area (Å²) in [6.45, 7) is 4.64. The molecule has 0 aromatic heterocycles. The Kier molecular flexibility index (Phi) is 5.99. The molecule has 39 heavy (non-hydrogen) atoms. The van der Waals surface area contributed by atoms with Crippen molar-refractivity contribution < 1.29 is 0 Å².